The van der Waals surface area contributed by atoms with E-state index in [0.29, 0.717) is 6.42 Å². The average molecular weight is 256 g/mol. The summed E-state index contributed by atoms with van der Waals surface area (Å²) in [5.41, 5.74) is 8.11. The van der Waals surface area contributed by atoms with Gasteiger partial charge in [0.1, 0.15) is 0 Å². The van der Waals surface area contributed by atoms with Gasteiger partial charge in [0.2, 0.25) is 0 Å². The van der Waals surface area contributed by atoms with Crippen molar-refractivity contribution in [1.82, 2.24) is 14.6 Å². The van der Waals surface area contributed by atoms with E-state index >= 15 is 0 Å². The van der Waals surface area contributed by atoms with Gasteiger partial charge in [0.25, 0.3) is 0 Å². The molecule has 3 aromatic rings. The molecule has 0 aliphatic rings. The first-order valence-electron chi connectivity index (χ1n) is 5.70. The van der Waals surface area contributed by atoms with Crippen molar-refractivity contribution in [2.24, 2.45) is 5.73 Å². The maximum absolute atomic E-state index is 6.11. The average Bonchev–Trinajstić information content (AvgIpc) is 2.92. The fraction of sp³-hybridized carbons (Fsp3) is 0.154. The summed E-state index contributed by atoms with van der Waals surface area (Å²) in [6, 6.07) is 12.1. The largest absolute Gasteiger partial charge is 0.323 e. The highest BCUT2D eigenvalue weighted by Gasteiger charge is 2.10. The van der Waals surface area contributed by atoms with Gasteiger partial charge in [-0.3, -0.25) is 4.98 Å². The lowest BCUT2D eigenvalue weighted by molar-refractivity contribution is 0.720. The second kappa shape index (κ2) is 4.80. The van der Waals surface area contributed by atoms with Gasteiger partial charge >= 0.3 is 0 Å². The first kappa shape index (κ1) is 11.3. The molecule has 4 nitrogen and oxygen atoms in total. The minimum atomic E-state index is -0.0846. The van der Waals surface area contributed by atoms with Gasteiger partial charge in [-0.15, -0.1) is 5.10 Å². The molecule has 0 amide bonds. The fourth-order valence-corrected chi connectivity index (χ4v) is 2.39. The summed E-state index contributed by atoms with van der Waals surface area (Å²) in [6.07, 6.45) is 2.42. The molecular weight excluding hydrogens is 244 g/mol. The monoisotopic (exact) mass is 256 g/mol. The number of fused-ring (bicyclic) bond motifs is 1. The molecule has 1 atom stereocenters. The molecule has 0 radical (unpaired) electrons. The van der Waals surface area contributed by atoms with Gasteiger partial charge < -0.3 is 5.73 Å². The number of nitrogens with zero attached hydrogens (tertiary/aromatic N) is 3. The molecule has 2 aromatic heterocycles. The van der Waals surface area contributed by atoms with Crippen molar-refractivity contribution >= 4 is 22.4 Å². The Morgan fingerprint density at radius 1 is 1.17 bits per heavy atom. The van der Waals surface area contributed by atoms with Gasteiger partial charge in [-0.05, 0) is 23.7 Å². The SMILES string of the molecule is NC(Cc1ccc2ccccc2n1)c1cnns1. The van der Waals surface area contributed by atoms with E-state index in [-0.39, 0.29) is 6.04 Å². The molecule has 90 valence electrons. The molecule has 0 bridgehead atoms. The Morgan fingerprint density at radius 3 is 2.89 bits per heavy atom. The van der Waals surface area contributed by atoms with E-state index < -0.39 is 0 Å². The highest BCUT2D eigenvalue weighted by molar-refractivity contribution is 7.05. The number of para-hydroxylation sites is 1. The van der Waals surface area contributed by atoms with E-state index in [1.165, 1.54) is 11.5 Å². The predicted octanol–water partition coefficient (Wildman–Crippen LogP) is 2.33. The van der Waals surface area contributed by atoms with Crippen molar-refractivity contribution in [2.45, 2.75) is 12.5 Å². The van der Waals surface area contributed by atoms with Crippen LogP contribution in [-0.4, -0.2) is 14.6 Å². The molecule has 1 unspecified atom stereocenters. The number of aromatic nitrogens is 3. The Kier molecular flexibility index (Phi) is 3.00. The summed E-state index contributed by atoms with van der Waals surface area (Å²) in [5.74, 6) is 0. The lowest BCUT2D eigenvalue weighted by Crippen LogP contribution is -2.12. The summed E-state index contributed by atoms with van der Waals surface area (Å²) < 4.78 is 3.83. The van der Waals surface area contributed by atoms with Crippen molar-refractivity contribution in [3.8, 4) is 0 Å². The van der Waals surface area contributed by atoms with E-state index in [9.17, 15) is 0 Å². The zero-order valence-corrected chi connectivity index (χ0v) is 10.5. The molecule has 2 N–H and O–H groups in total. The minimum absolute atomic E-state index is 0.0846. The lowest BCUT2D eigenvalue weighted by Gasteiger charge is -2.08. The Balaban J connectivity index is 1.86. The molecule has 0 saturated heterocycles. The van der Waals surface area contributed by atoms with Crippen LogP contribution in [-0.2, 0) is 6.42 Å². The van der Waals surface area contributed by atoms with Gasteiger partial charge in [0.05, 0.1) is 16.6 Å². The second-order valence-corrected chi connectivity index (χ2v) is 4.94. The van der Waals surface area contributed by atoms with Gasteiger partial charge in [-0.1, -0.05) is 28.8 Å². The van der Waals surface area contributed by atoms with Gasteiger partial charge in [-0.2, -0.15) is 0 Å². The minimum Gasteiger partial charge on any atom is -0.323 e. The standard InChI is InChI=1S/C13H12N4S/c14-11(13-8-15-17-18-13)7-10-6-5-9-3-1-2-4-12(9)16-10/h1-6,8,11H,7,14H2. The normalized spacial score (nSPS) is 12.7. The molecule has 0 saturated carbocycles. The summed E-state index contributed by atoms with van der Waals surface area (Å²) >= 11 is 1.34. The number of benzene rings is 1. The summed E-state index contributed by atoms with van der Waals surface area (Å²) in [4.78, 5) is 5.60. The first-order chi connectivity index (χ1) is 8.83. The molecular formula is C13H12N4S. The van der Waals surface area contributed by atoms with Crippen LogP contribution in [0.1, 0.15) is 16.6 Å². The van der Waals surface area contributed by atoms with Crippen molar-refractivity contribution in [3.05, 3.63) is 53.2 Å². The van der Waals surface area contributed by atoms with E-state index in [1.807, 2.05) is 24.3 Å². The lowest BCUT2D eigenvalue weighted by atomic mass is 10.1. The quantitative estimate of drug-likeness (QED) is 0.781. The number of rotatable bonds is 3. The molecule has 0 aliphatic carbocycles. The van der Waals surface area contributed by atoms with Crippen LogP contribution < -0.4 is 5.73 Å². The van der Waals surface area contributed by atoms with E-state index in [0.717, 1.165) is 21.5 Å². The van der Waals surface area contributed by atoms with Crippen molar-refractivity contribution < 1.29 is 0 Å². The maximum atomic E-state index is 6.11. The Morgan fingerprint density at radius 2 is 2.06 bits per heavy atom. The highest BCUT2D eigenvalue weighted by Crippen LogP contribution is 2.19. The van der Waals surface area contributed by atoms with Crippen LogP contribution >= 0.6 is 11.5 Å². The van der Waals surface area contributed by atoms with E-state index in [4.69, 9.17) is 5.73 Å². The Hall–Kier alpha value is -1.85. The molecule has 2 heterocycles. The zero-order chi connectivity index (χ0) is 12.4. The van der Waals surface area contributed by atoms with E-state index in [1.54, 1.807) is 6.20 Å². The Bertz CT molecular complexity index is 651. The number of hydrogen-bond acceptors (Lipinski definition) is 5. The Labute approximate surface area is 109 Å². The zero-order valence-electron chi connectivity index (χ0n) is 9.65. The topological polar surface area (TPSA) is 64.7 Å². The third-order valence-corrected chi connectivity index (χ3v) is 3.62. The third-order valence-electron chi connectivity index (χ3n) is 2.83. The summed E-state index contributed by atoms with van der Waals surface area (Å²) in [5, 5.41) is 4.95. The van der Waals surface area contributed by atoms with Gasteiger partial charge in [-0.25, -0.2) is 0 Å². The van der Waals surface area contributed by atoms with Crippen LogP contribution in [0, 0.1) is 0 Å². The first-order valence-corrected chi connectivity index (χ1v) is 6.48. The maximum Gasteiger partial charge on any atom is 0.0705 e. The van der Waals surface area contributed by atoms with E-state index in [2.05, 4.69) is 26.7 Å². The third kappa shape index (κ3) is 2.23. The highest BCUT2D eigenvalue weighted by atomic mass is 32.1. The smallest absolute Gasteiger partial charge is 0.0705 e. The van der Waals surface area contributed by atoms with Crippen LogP contribution in [0.2, 0.25) is 0 Å². The molecule has 0 aliphatic heterocycles. The van der Waals surface area contributed by atoms with Crippen LogP contribution in [0.15, 0.2) is 42.6 Å². The predicted molar refractivity (Wildman–Crippen MR) is 72.3 cm³/mol. The van der Waals surface area contributed by atoms with Crippen molar-refractivity contribution in [1.29, 1.82) is 0 Å². The number of hydrogen-bond donors (Lipinski definition) is 1. The van der Waals surface area contributed by atoms with Crippen molar-refractivity contribution in [3.63, 3.8) is 0 Å². The molecule has 18 heavy (non-hydrogen) atoms. The molecule has 0 fully saturated rings. The van der Waals surface area contributed by atoms with Crippen molar-refractivity contribution in [2.75, 3.05) is 0 Å². The molecule has 3 rings (SSSR count). The van der Waals surface area contributed by atoms with Crippen LogP contribution in [0.4, 0.5) is 0 Å². The number of nitrogens with two attached hydrogens (primary N) is 1. The van der Waals surface area contributed by atoms with Crippen LogP contribution in [0.5, 0.6) is 0 Å². The fourth-order valence-electron chi connectivity index (χ4n) is 1.89. The van der Waals surface area contributed by atoms with Gasteiger partial charge in [0, 0.05) is 23.5 Å². The van der Waals surface area contributed by atoms with Crippen LogP contribution in [0.25, 0.3) is 10.9 Å². The number of pyridine rings is 1. The van der Waals surface area contributed by atoms with Gasteiger partial charge in [0.15, 0.2) is 0 Å². The second-order valence-electron chi connectivity index (χ2n) is 4.13. The molecule has 1 aromatic carbocycles. The summed E-state index contributed by atoms with van der Waals surface area (Å²) in [6.45, 7) is 0. The summed E-state index contributed by atoms with van der Waals surface area (Å²) in [7, 11) is 0. The van der Waals surface area contributed by atoms with Crippen LogP contribution in [0.3, 0.4) is 0 Å². The molecule has 0 spiro atoms. The molecule has 5 heteroatoms.